The molecule has 2 nitrogen and oxygen atoms in total. The van der Waals surface area contributed by atoms with Crippen LogP contribution in [0, 0.1) is 5.92 Å². The summed E-state index contributed by atoms with van der Waals surface area (Å²) in [5.74, 6) is 0.662. The zero-order valence-electron chi connectivity index (χ0n) is 6.46. The minimum Gasteiger partial charge on any atom is -0.326 e. The zero-order chi connectivity index (χ0) is 7.02. The van der Waals surface area contributed by atoms with E-state index in [9.17, 15) is 0 Å². The summed E-state index contributed by atoms with van der Waals surface area (Å²) in [6, 6.07) is 1.06. The van der Waals surface area contributed by atoms with E-state index in [4.69, 9.17) is 5.73 Å². The Hall–Kier alpha value is -0.0800. The van der Waals surface area contributed by atoms with Crippen molar-refractivity contribution in [2.75, 3.05) is 13.6 Å². The Morgan fingerprint density at radius 1 is 1.44 bits per heavy atom. The van der Waals surface area contributed by atoms with Gasteiger partial charge in [0.1, 0.15) is 0 Å². The molecule has 0 radical (unpaired) electrons. The first kappa shape index (κ1) is 7.03. The van der Waals surface area contributed by atoms with E-state index < -0.39 is 0 Å². The zero-order valence-corrected chi connectivity index (χ0v) is 6.46. The van der Waals surface area contributed by atoms with Gasteiger partial charge in [-0.05, 0) is 19.9 Å². The van der Waals surface area contributed by atoms with E-state index >= 15 is 0 Å². The van der Waals surface area contributed by atoms with Crippen molar-refractivity contribution < 1.29 is 0 Å². The molecule has 0 aromatic carbocycles. The summed E-state index contributed by atoms with van der Waals surface area (Å²) in [5.41, 5.74) is 5.82. The van der Waals surface area contributed by atoms with Gasteiger partial charge in [0.05, 0.1) is 0 Å². The number of nitrogens with two attached hydrogens (primary N) is 1. The average molecular weight is 128 g/mol. The van der Waals surface area contributed by atoms with Gasteiger partial charge in [-0.25, -0.2) is 0 Å². The molecule has 0 amide bonds. The predicted molar refractivity (Wildman–Crippen MR) is 39.2 cm³/mol. The van der Waals surface area contributed by atoms with E-state index in [1.807, 2.05) is 0 Å². The van der Waals surface area contributed by atoms with E-state index in [0.29, 0.717) is 18.0 Å². The molecule has 1 rings (SSSR count). The number of hydrogen-bond acceptors (Lipinski definition) is 2. The molecule has 0 aromatic rings. The molecule has 2 N–H and O–H groups in total. The first-order chi connectivity index (χ1) is 4.13. The number of nitrogens with zero attached hydrogens (tertiary/aromatic N) is 1. The van der Waals surface area contributed by atoms with Gasteiger partial charge in [-0.1, -0.05) is 6.92 Å². The maximum atomic E-state index is 5.82. The van der Waals surface area contributed by atoms with Crippen molar-refractivity contribution in [3.63, 3.8) is 0 Å². The topological polar surface area (TPSA) is 29.3 Å². The first-order valence-electron chi connectivity index (χ1n) is 3.58. The Labute approximate surface area is 57.0 Å². The van der Waals surface area contributed by atoms with Crippen LogP contribution >= 0.6 is 0 Å². The Balaban J connectivity index is 2.54. The fourth-order valence-corrected chi connectivity index (χ4v) is 1.42. The average Bonchev–Trinajstić information content (AvgIpc) is 1.98. The molecule has 1 aliphatic rings. The summed E-state index contributed by atoms with van der Waals surface area (Å²) in [6.45, 7) is 5.51. The third-order valence-corrected chi connectivity index (χ3v) is 2.63. The lowest BCUT2D eigenvalue weighted by Gasteiger charge is -2.16. The lowest BCUT2D eigenvalue weighted by molar-refractivity contribution is 0.301. The quantitative estimate of drug-likeness (QED) is 0.508. The van der Waals surface area contributed by atoms with Crippen molar-refractivity contribution in [2.45, 2.75) is 25.9 Å². The van der Waals surface area contributed by atoms with E-state index in [-0.39, 0.29) is 0 Å². The highest BCUT2D eigenvalue weighted by Gasteiger charge is 2.30. The molecule has 1 aliphatic heterocycles. The van der Waals surface area contributed by atoms with Crippen molar-refractivity contribution in [3.05, 3.63) is 0 Å². The van der Waals surface area contributed by atoms with Crippen LogP contribution < -0.4 is 5.73 Å². The normalized spacial score (nSPS) is 46.0. The summed E-state index contributed by atoms with van der Waals surface area (Å²) >= 11 is 0. The van der Waals surface area contributed by atoms with Crippen molar-refractivity contribution in [1.82, 2.24) is 4.90 Å². The van der Waals surface area contributed by atoms with Crippen molar-refractivity contribution in [3.8, 4) is 0 Å². The molecule has 0 spiro atoms. The smallest absolute Gasteiger partial charge is 0.0208 e. The molecule has 9 heavy (non-hydrogen) atoms. The fourth-order valence-electron chi connectivity index (χ4n) is 1.42. The molecule has 1 saturated heterocycles. The van der Waals surface area contributed by atoms with Gasteiger partial charge < -0.3 is 10.6 Å². The molecule has 0 saturated carbocycles. The predicted octanol–water partition coefficient (Wildman–Crippen LogP) is 0.284. The van der Waals surface area contributed by atoms with Crippen LogP contribution in [-0.4, -0.2) is 30.6 Å². The second-order valence-electron chi connectivity index (χ2n) is 3.20. The minimum atomic E-state index is 0.394. The third kappa shape index (κ3) is 1.10. The van der Waals surface area contributed by atoms with Gasteiger partial charge in [0, 0.05) is 18.6 Å². The summed E-state index contributed by atoms with van der Waals surface area (Å²) in [4.78, 5) is 2.31. The summed E-state index contributed by atoms with van der Waals surface area (Å²) in [7, 11) is 2.13. The molecular weight excluding hydrogens is 112 g/mol. The minimum absolute atomic E-state index is 0.394. The maximum absolute atomic E-state index is 5.82. The van der Waals surface area contributed by atoms with Crippen LogP contribution in [0.3, 0.4) is 0 Å². The Bertz CT molecular complexity index is 91.1. The molecule has 1 fully saturated rings. The fraction of sp³-hybridized carbons (Fsp3) is 1.00. The van der Waals surface area contributed by atoms with Crippen LogP contribution in [0.15, 0.2) is 0 Å². The van der Waals surface area contributed by atoms with Gasteiger partial charge in [-0.2, -0.15) is 0 Å². The summed E-state index contributed by atoms with van der Waals surface area (Å²) in [5, 5.41) is 0. The highest BCUT2D eigenvalue weighted by atomic mass is 15.2. The van der Waals surface area contributed by atoms with Crippen molar-refractivity contribution in [2.24, 2.45) is 11.7 Å². The van der Waals surface area contributed by atoms with Crippen LogP contribution in [0.2, 0.25) is 0 Å². The number of rotatable bonds is 0. The molecule has 0 aromatic heterocycles. The molecule has 1 heterocycles. The summed E-state index contributed by atoms with van der Waals surface area (Å²) in [6.07, 6.45) is 0. The first-order valence-corrected chi connectivity index (χ1v) is 3.58. The van der Waals surface area contributed by atoms with Crippen LogP contribution in [0.5, 0.6) is 0 Å². The molecular formula is C7H16N2. The Morgan fingerprint density at radius 2 is 2.00 bits per heavy atom. The second-order valence-corrected chi connectivity index (χ2v) is 3.20. The lowest BCUT2D eigenvalue weighted by Crippen LogP contribution is -2.28. The molecule has 2 heteroatoms. The van der Waals surface area contributed by atoms with Crippen LogP contribution in [-0.2, 0) is 0 Å². The van der Waals surface area contributed by atoms with E-state index in [1.165, 1.54) is 0 Å². The Morgan fingerprint density at radius 3 is 2.11 bits per heavy atom. The number of likely N-dealkylation sites (tertiary alicyclic amines) is 1. The van der Waals surface area contributed by atoms with Gasteiger partial charge in [-0.3, -0.25) is 0 Å². The number of likely N-dealkylation sites (N-methyl/N-ethyl adjacent to an activating group) is 1. The third-order valence-electron chi connectivity index (χ3n) is 2.63. The van der Waals surface area contributed by atoms with Gasteiger partial charge in [0.2, 0.25) is 0 Å². The second kappa shape index (κ2) is 2.27. The van der Waals surface area contributed by atoms with E-state index in [1.54, 1.807) is 0 Å². The monoisotopic (exact) mass is 128 g/mol. The van der Waals surface area contributed by atoms with Crippen LogP contribution in [0.1, 0.15) is 13.8 Å². The molecule has 3 atom stereocenters. The highest BCUT2D eigenvalue weighted by molar-refractivity contribution is 4.88. The molecule has 0 unspecified atom stereocenters. The van der Waals surface area contributed by atoms with Crippen molar-refractivity contribution in [1.29, 1.82) is 0 Å². The molecule has 0 bridgehead atoms. The van der Waals surface area contributed by atoms with Crippen LogP contribution in [0.25, 0.3) is 0 Å². The van der Waals surface area contributed by atoms with E-state index in [0.717, 1.165) is 6.54 Å². The lowest BCUT2D eigenvalue weighted by atomic mass is 10.0. The van der Waals surface area contributed by atoms with Gasteiger partial charge in [0.25, 0.3) is 0 Å². The number of hydrogen-bond donors (Lipinski definition) is 1. The van der Waals surface area contributed by atoms with E-state index in [2.05, 4.69) is 25.8 Å². The SMILES string of the molecule is C[C@@H]1[C@H](N)CN(C)[C@@H]1C. The standard InChI is InChI=1S/C7H16N2/c1-5-6(2)9(3)4-7(5)8/h5-7H,4,8H2,1-3H3/t5-,6+,7+/m0/s1. The Kier molecular flexibility index (Phi) is 1.78. The van der Waals surface area contributed by atoms with Gasteiger partial charge >= 0.3 is 0 Å². The van der Waals surface area contributed by atoms with Crippen LogP contribution in [0.4, 0.5) is 0 Å². The van der Waals surface area contributed by atoms with Crippen molar-refractivity contribution >= 4 is 0 Å². The molecule has 54 valence electrons. The maximum Gasteiger partial charge on any atom is 0.0208 e. The summed E-state index contributed by atoms with van der Waals surface area (Å²) < 4.78 is 0. The highest BCUT2D eigenvalue weighted by Crippen LogP contribution is 2.19. The van der Waals surface area contributed by atoms with Gasteiger partial charge in [0.15, 0.2) is 0 Å². The largest absolute Gasteiger partial charge is 0.326 e. The van der Waals surface area contributed by atoms with Gasteiger partial charge in [-0.15, -0.1) is 0 Å². The molecule has 0 aliphatic carbocycles.